The normalized spacial score (nSPS) is 7.08. The maximum atomic E-state index is 9.06. The molecule has 71 valence electrons. The second kappa shape index (κ2) is 8.81. The first-order valence-corrected chi connectivity index (χ1v) is 2.89. The third kappa shape index (κ3) is 13.7. The Labute approximate surface area is 87.1 Å². The Kier molecular flexibility index (Phi) is 9.65. The van der Waals surface area contributed by atoms with Crippen molar-refractivity contribution in [2.75, 3.05) is 0 Å². The number of hydrogen-bond acceptors (Lipinski definition) is 5. The molecule has 0 unspecified atom stereocenters. The molecular weight excluding hydrogens is 265 g/mol. The molecule has 0 atom stereocenters. The minimum Gasteiger partial charge on any atom is -0.483 e. The fourth-order valence-electron chi connectivity index (χ4n) is 0.389. The topological polar surface area (TPSA) is 89.5 Å². The SMILES string of the molecule is O=C([O-])OC(=O)[O-].[Ru+3].c1cc[cH-]c1. The molecule has 0 aliphatic heterocycles. The van der Waals surface area contributed by atoms with Gasteiger partial charge in [0.1, 0.15) is 0 Å². The van der Waals surface area contributed by atoms with E-state index in [1.807, 2.05) is 30.3 Å². The molecule has 5 nitrogen and oxygen atoms in total. The van der Waals surface area contributed by atoms with E-state index in [2.05, 4.69) is 4.74 Å². The van der Waals surface area contributed by atoms with Crippen LogP contribution in [0.5, 0.6) is 0 Å². The van der Waals surface area contributed by atoms with Crippen LogP contribution >= 0.6 is 0 Å². The van der Waals surface area contributed by atoms with E-state index in [-0.39, 0.29) is 19.5 Å². The van der Waals surface area contributed by atoms with Crippen LogP contribution in [0.1, 0.15) is 0 Å². The van der Waals surface area contributed by atoms with Gasteiger partial charge in [0, 0.05) is 0 Å². The van der Waals surface area contributed by atoms with E-state index in [0.29, 0.717) is 0 Å². The van der Waals surface area contributed by atoms with Crippen LogP contribution in [0.25, 0.3) is 0 Å². The summed E-state index contributed by atoms with van der Waals surface area (Å²) in [5.74, 6) is 0. The van der Waals surface area contributed by atoms with E-state index in [0.717, 1.165) is 0 Å². The summed E-state index contributed by atoms with van der Waals surface area (Å²) in [7, 11) is 0. The monoisotopic (exact) mass is 271 g/mol. The summed E-state index contributed by atoms with van der Waals surface area (Å²) < 4.78 is 2.86. The number of ether oxygens (including phenoxy) is 1. The molecule has 0 saturated carbocycles. The van der Waals surface area contributed by atoms with Crippen molar-refractivity contribution in [2.45, 2.75) is 0 Å². The van der Waals surface area contributed by atoms with Crippen molar-refractivity contribution in [3.8, 4) is 0 Å². The molecule has 6 heteroatoms. The summed E-state index contributed by atoms with van der Waals surface area (Å²) >= 11 is 0. The number of carbonyl (C=O) groups excluding carboxylic acids is 2. The van der Waals surface area contributed by atoms with Crippen molar-refractivity contribution in [3.05, 3.63) is 30.3 Å². The molecule has 1 aromatic rings. The van der Waals surface area contributed by atoms with Gasteiger partial charge in [0.05, 0.1) is 0 Å². The molecule has 0 saturated heterocycles. The van der Waals surface area contributed by atoms with Gasteiger partial charge in [-0.25, -0.2) is 12.1 Å². The molecule has 0 N–H and O–H groups in total. The Bertz CT molecular complexity index is 202. The zero-order chi connectivity index (χ0) is 9.40. The quantitative estimate of drug-likeness (QED) is 0.263. The standard InChI is InChI=1S/C5H5.C2H2O5.Ru/c1-2-4-5-3-1;3-1(4)7-2(5)6;/h1-5H;(H,3,4)(H,5,6);/q-1;;+3/p-2. The molecule has 0 spiro atoms. The Balaban J connectivity index is 0. The van der Waals surface area contributed by atoms with Gasteiger partial charge >= 0.3 is 19.5 Å². The van der Waals surface area contributed by atoms with Gasteiger partial charge < -0.3 is 24.5 Å². The van der Waals surface area contributed by atoms with E-state index in [1.54, 1.807) is 0 Å². The molecule has 13 heavy (non-hydrogen) atoms. The average Bonchev–Trinajstić information content (AvgIpc) is 2.36. The smallest absolute Gasteiger partial charge is 0.483 e. The zero-order valence-corrected chi connectivity index (χ0v) is 8.02. The van der Waals surface area contributed by atoms with Crippen molar-refractivity contribution in [1.82, 2.24) is 0 Å². The molecule has 0 amide bonds. The van der Waals surface area contributed by atoms with Crippen LogP contribution in [-0.4, -0.2) is 12.3 Å². The number of carbonyl (C=O) groups is 2. The van der Waals surface area contributed by atoms with E-state index >= 15 is 0 Å². The minimum atomic E-state index is -2.12. The van der Waals surface area contributed by atoms with Crippen LogP contribution in [0.15, 0.2) is 30.3 Å². The molecule has 0 aliphatic rings. The molecule has 0 aliphatic carbocycles. The summed E-state index contributed by atoms with van der Waals surface area (Å²) in [6, 6.07) is 10.0. The van der Waals surface area contributed by atoms with Gasteiger partial charge in [-0.15, -0.1) is 0 Å². The predicted octanol–water partition coefficient (Wildman–Crippen LogP) is -0.907. The van der Waals surface area contributed by atoms with Crippen molar-refractivity contribution < 1.29 is 44.0 Å². The molecular formula is C7H5O5Ru. The Hall–Kier alpha value is -1.29. The first-order chi connectivity index (χ1) is 5.63. The second-order valence-corrected chi connectivity index (χ2v) is 1.56. The van der Waals surface area contributed by atoms with Crippen molar-refractivity contribution >= 4 is 12.3 Å². The first kappa shape index (κ1) is 14.2. The van der Waals surface area contributed by atoms with Crippen LogP contribution in [0, 0.1) is 0 Å². The molecule has 0 fully saturated rings. The molecule has 1 radical (unpaired) electrons. The predicted molar refractivity (Wildman–Crippen MR) is 33.9 cm³/mol. The third-order valence-electron chi connectivity index (χ3n) is 0.722. The maximum Gasteiger partial charge on any atom is 3.00 e. The van der Waals surface area contributed by atoms with Crippen molar-refractivity contribution in [2.24, 2.45) is 0 Å². The molecule has 1 aromatic carbocycles. The molecule has 0 bridgehead atoms. The van der Waals surface area contributed by atoms with Crippen LogP contribution in [0.4, 0.5) is 9.59 Å². The first-order valence-electron chi connectivity index (χ1n) is 2.89. The van der Waals surface area contributed by atoms with E-state index < -0.39 is 12.3 Å². The van der Waals surface area contributed by atoms with Gasteiger partial charge in [-0.05, 0) is 0 Å². The van der Waals surface area contributed by atoms with Crippen LogP contribution < -0.4 is 10.2 Å². The van der Waals surface area contributed by atoms with Crippen molar-refractivity contribution in [3.63, 3.8) is 0 Å². The van der Waals surface area contributed by atoms with Gasteiger partial charge in [0.2, 0.25) is 0 Å². The summed E-state index contributed by atoms with van der Waals surface area (Å²) in [5.41, 5.74) is 0. The largest absolute Gasteiger partial charge is 3.00 e. The van der Waals surface area contributed by atoms with Crippen LogP contribution in [0.3, 0.4) is 0 Å². The molecule has 0 heterocycles. The van der Waals surface area contributed by atoms with Gasteiger partial charge in [0.25, 0.3) is 12.3 Å². The van der Waals surface area contributed by atoms with Gasteiger partial charge in [0.15, 0.2) is 0 Å². The minimum absolute atomic E-state index is 0. The van der Waals surface area contributed by atoms with Gasteiger partial charge in [-0.3, -0.25) is 0 Å². The fraction of sp³-hybridized carbons (Fsp3) is 0. The Morgan fingerprint density at radius 1 is 1.08 bits per heavy atom. The van der Waals surface area contributed by atoms with Crippen LogP contribution in [-0.2, 0) is 24.2 Å². The molecule has 1 rings (SSSR count). The zero-order valence-electron chi connectivity index (χ0n) is 6.28. The summed E-state index contributed by atoms with van der Waals surface area (Å²) in [5, 5.41) is 18.1. The van der Waals surface area contributed by atoms with Gasteiger partial charge in [-0.1, -0.05) is 0 Å². The average molecular weight is 270 g/mol. The fourth-order valence-corrected chi connectivity index (χ4v) is 0.389. The summed E-state index contributed by atoms with van der Waals surface area (Å²) in [6.07, 6.45) is -4.25. The third-order valence-corrected chi connectivity index (χ3v) is 0.722. The second-order valence-electron chi connectivity index (χ2n) is 1.56. The maximum absolute atomic E-state index is 9.06. The molecule has 0 aromatic heterocycles. The number of hydrogen-bond donors (Lipinski definition) is 0. The Morgan fingerprint density at radius 3 is 1.54 bits per heavy atom. The van der Waals surface area contributed by atoms with E-state index in [9.17, 15) is 0 Å². The summed E-state index contributed by atoms with van der Waals surface area (Å²) in [6.45, 7) is 0. The van der Waals surface area contributed by atoms with E-state index in [1.165, 1.54) is 0 Å². The van der Waals surface area contributed by atoms with Crippen molar-refractivity contribution in [1.29, 1.82) is 0 Å². The van der Waals surface area contributed by atoms with Crippen LogP contribution in [0.2, 0.25) is 0 Å². The Morgan fingerprint density at radius 2 is 1.46 bits per heavy atom. The number of carboxylic acid groups (broad SMARTS) is 2. The number of rotatable bonds is 0. The van der Waals surface area contributed by atoms with E-state index in [4.69, 9.17) is 19.8 Å². The van der Waals surface area contributed by atoms with Gasteiger partial charge in [-0.2, -0.15) is 18.2 Å². The summed E-state index contributed by atoms with van der Waals surface area (Å²) in [4.78, 5) is 18.1.